The summed E-state index contributed by atoms with van der Waals surface area (Å²) >= 11 is 0. The van der Waals surface area contributed by atoms with Crippen LogP contribution in [0.5, 0.6) is 0 Å². The number of cyclic esters (lactones) is 2. The molecular weight excluding hydrogens is 204 g/mol. The fourth-order valence-electron chi connectivity index (χ4n) is 1.38. The van der Waals surface area contributed by atoms with Crippen molar-refractivity contribution < 1.29 is 23.8 Å². The second-order valence-corrected chi connectivity index (χ2v) is 3.35. The van der Waals surface area contributed by atoms with Gasteiger partial charge >= 0.3 is 12.2 Å². The SMILES string of the molecule is O=C1NCC(COCC2CNC(=O)O2)O1. The third-order valence-corrected chi connectivity index (χ3v) is 2.10. The van der Waals surface area contributed by atoms with Crippen LogP contribution in [0.3, 0.4) is 0 Å². The molecule has 0 aliphatic carbocycles. The van der Waals surface area contributed by atoms with Crippen LogP contribution in [0.15, 0.2) is 0 Å². The van der Waals surface area contributed by atoms with Gasteiger partial charge in [-0.05, 0) is 0 Å². The number of rotatable bonds is 4. The molecule has 0 radical (unpaired) electrons. The first-order valence-electron chi connectivity index (χ1n) is 4.71. The summed E-state index contributed by atoms with van der Waals surface area (Å²) in [6, 6.07) is 0. The lowest BCUT2D eigenvalue weighted by Crippen LogP contribution is -2.25. The number of carbonyl (C=O) groups excluding carboxylic acids is 2. The summed E-state index contributed by atoms with van der Waals surface area (Å²) in [5, 5.41) is 5.03. The lowest BCUT2D eigenvalue weighted by molar-refractivity contribution is 0.00762. The Bertz CT molecular complexity index is 244. The van der Waals surface area contributed by atoms with E-state index in [2.05, 4.69) is 10.6 Å². The molecule has 7 nitrogen and oxygen atoms in total. The van der Waals surface area contributed by atoms with E-state index in [1.165, 1.54) is 0 Å². The van der Waals surface area contributed by atoms with Crippen LogP contribution in [-0.2, 0) is 14.2 Å². The second kappa shape index (κ2) is 4.35. The molecule has 0 aromatic rings. The highest BCUT2D eigenvalue weighted by molar-refractivity contribution is 5.69. The molecule has 2 unspecified atom stereocenters. The van der Waals surface area contributed by atoms with Crippen molar-refractivity contribution >= 4 is 12.2 Å². The molecule has 2 aliphatic rings. The lowest BCUT2D eigenvalue weighted by atomic mass is 10.3. The van der Waals surface area contributed by atoms with E-state index in [-0.39, 0.29) is 12.2 Å². The molecule has 2 atom stereocenters. The highest BCUT2D eigenvalue weighted by atomic mass is 16.6. The largest absolute Gasteiger partial charge is 0.442 e. The Morgan fingerprint density at radius 1 is 1.07 bits per heavy atom. The van der Waals surface area contributed by atoms with Crippen molar-refractivity contribution in [2.45, 2.75) is 12.2 Å². The van der Waals surface area contributed by atoms with Crippen LogP contribution in [0.25, 0.3) is 0 Å². The van der Waals surface area contributed by atoms with Gasteiger partial charge in [0.15, 0.2) is 0 Å². The van der Waals surface area contributed by atoms with Crippen molar-refractivity contribution in [3.05, 3.63) is 0 Å². The lowest BCUT2D eigenvalue weighted by Gasteiger charge is -2.11. The molecule has 7 heteroatoms. The number of ether oxygens (including phenoxy) is 3. The van der Waals surface area contributed by atoms with Gasteiger partial charge < -0.3 is 24.8 Å². The molecule has 84 valence electrons. The molecule has 15 heavy (non-hydrogen) atoms. The smallest absolute Gasteiger partial charge is 0.407 e. The first kappa shape index (κ1) is 10.0. The summed E-state index contributed by atoms with van der Waals surface area (Å²) in [4.78, 5) is 21.3. The molecule has 2 saturated heterocycles. The number of nitrogens with one attached hydrogen (secondary N) is 2. The van der Waals surface area contributed by atoms with Crippen molar-refractivity contribution in [1.82, 2.24) is 10.6 Å². The number of hydrogen-bond donors (Lipinski definition) is 2. The molecule has 2 fully saturated rings. The summed E-state index contributed by atoms with van der Waals surface area (Å²) in [6.45, 7) is 1.54. The molecule has 0 spiro atoms. The molecule has 0 bridgehead atoms. The zero-order chi connectivity index (χ0) is 10.7. The fraction of sp³-hybridized carbons (Fsp3) is 0.750. The Labute approximate surface area is 86.0 Å². The van der Waals surface area contributed by atoms with E-state index in [0.717, 1.165) is 0 Å². The van der Waals surface area contributed by atoms with Crippen LogP contribution < -0.4 is 10.6 Å². The zero-order valence-electron chi connectivity index (χ0n) is 8.02. The minimum absolute atomic E-state index is 0.248. The molecule has 2 aliphatic heterocycles. The van der Waals surface area contributed by atoms with E-state index < -0.39 is 12.2 Å². The Hall–Kier alpha value is -1.50. The predicted molar refractivity (Wildman–Crippen MR) is 47.4 cm³/mol. The number of hydrogen-bond acceptors (Lipinski definition) is 5. The standard InChI is InChI=1S/C8H12N2O5/c11-7-9-1-5(14-7)3-13-4-6-2-10-8(12)15-6/h5-6H,1-4H2,(H,9,11)(H,10,12). The number of amides is 2. The van der Waals surface area contributed by atoms with Crippen molar-refractivity contribution in [3.8, 4) is 0 Å². The molecule has 2 rings (SSSR count). The maximum atomic E-state index is 10.6. The van der Waals surface area contributed by atoms with Gasteiger partial charge in [-0.25, -0.2) is 9.59 Å². The van der Waals surface area contributed by atoms with Gasteiger partial charge in [0.05, 0.1) is 26.3 Å². The minimum atomic E-state index is -0.419. The highest BCUT2D eigenvalue weighted by Crippen LogP contribution is 2.03. The van der Waals surface area contributed by atoms with Crippen LogP contribution in [-0.4, -0.2) is 50.7 Å². The summed E-state index contributed by atoms with van der Waals surface area (Å²) in [7, 11) is 0. The van der Waals surface area contributed by atoms with Gasteiger partial charge in [-0.1, -0.05) is 0 Å². The Morgan fingerprint density at radius 3 is 1.87 bits per heavy atom. The van der Waals surface area contributed by atoms with Gasteiger partial charge in [0, 0.05) is 0 Å². The molecule has 2 amide bonds. The van der Waals surface area contributed by atoms with Crippen molar-refractivity contribution in [2.24, 2.45) is 0 Å². The number of alkyl carbamates (subject to hydrolysis) is 2. The monoisotopic (exact) mass is 216 g/mol. The van der Waals surface area contributed by atoms with E-state index >= 15 is 0 Å². The first-order chi connectivity index (χ1) is 7.24. The normalized spacial score (nSPS) is 29.3. The molecule has 0 aromatic heterocycles. The van der Waals surface area contributed by atoms with Crippen molar-refractivity contribution in [2.75, 3.05) is 26.3 Å². The first-order valence-corrected chi connectivity index (χ1v) is 4.71. The van der Waals surface area contributed by atoms with Crippen LogP contribution in [0.4, 0.5) is 9.59 Å². The molecule has 0 aromatic carbocycles. The molecule has 2 N–H and O–H groups in total. The van der Waals surface area contributed by atoms with E-state index in [1.54, 1.807) is 0 Å². The van der Waals surface area contributed by atoms with Gasteiger partial charge in [0.1, 0.15) is 12.2 Å². The highest BCUT2D eigenvalue weighted by Gasteiger charge is 2.25. The summed E-state index contributed by atoms with van der Waals surface area (Å²) in [5.74, 6) is 0. The average molecular weight is 216 g/mol. The average Bonchev–Trinajstić information content (AvgIpc) is 2.76. The third-order valence-electron chi connectivity index (χ3n) is 2.10. The maximum Gasteiger partial charge on any atom is 0.407 e. The second-order valence-electron chi connectivity index (χ2n) is 3.35. The Morgan fingerprint density at radius 2 is 1.53 bits per heavy atom. The predicted octanol–water partition coefficient (Wildman–Crippen LogP) is -0.780. The van der Waals surface area contributed by atoms with Gasteiger partial charge in [0.2, 0.25) is 0 Å². The van der Waals surface area contributed by atoms with Gasteiger partial charge in [0.25, 0.3) is 0 Å². The fourth-order valence-corrected chi connectivity index (χ4v) is 1.38. The zero-order valence-corrected chi connectivity index (χ0v) is 8.02. The van der Waals surface area contributed by atoms with Crippen molar-refractivity contribution in [1.29, 1.82) is 0 Å². The van der Waals surface area contributed by atoms with Crippen LogP contribution in [0.1, 0.15) is 0 Å². The topological polar surface area (TPSA) is 85.9 Å². The summed E-state index contributed by atoms with van der Waals surface area (Å²) in [6.07, 6.45) is -1.33. The summed E-state index contributed by atoms with van der Waals surface area (Å²) < 4.78 is 15.0. The van der Waals surface area contributed by atoms with Crippen LogP contribution >= 0.6 is 0 Å². The van der Waals surface area contributed by atoms with Crippen molar-refractivity contribution in [3.63, 3.8) is 0 Å². The van der Waals surface area contributed by atoms with Crippen LogP contribution in [0, 0.1) is 0 Å². The molecule has 2 heterocycles. The van der Waals surface area contributed by atoms with E-state index in [1.807, 2.05) is 0 Å². The Balaban J connectivity index is 1.59. The summed E-state index contributed by atoms with van der Waals surface area (Å²) in [5.41, 5.74) is 0. The van der Waals surface area contributed by atoms with E-state index in [9.17, 15) is 9.59 Å². The maximum absolute atomic E-state index is 10.6. The Kier molecular flexibility index (Phi) is 2.91. The van der Waals surface area contributed by atoms with E-state index in [4.69, 9.17) is 14.2 Å². The minimum Gasteiger partial charge on any atom is -0.442 e. The van der Waals surface area contributed by atoms with Gasteiger partial charge in [-0.3, -0.25) is 0 Å². The van der Waals surface area contributed by atoms with E-state index in [0.29, 0.717) is 26.3 Å². The third kappa shape index (κ3) is 2.72. The molecule has 0 saturated carbocycles. The quantitative estimate of drug-likeness (QED) is 0.643. The van der Waals surface area contributed by atoms with Gasteiger partial charge in [-0.2, -0.15) is 0 Å². The number of carbonyl (C=O) groups is 2. The molecular formula is C8H12N2O5. The van der Waals surface area contributed by atoms with Crippen LogP contribution in [0.2, 0.25) is 0 Å². The van der Waals surface area contributed by atoms with Gasteiger partial charge in [-0.15, -0.1) is 0 Å².